The van der Waals surface area contributed by atoms with Crippen molar-refractivity contribution in [2.75, 3.05) is 0 Å². The number of Topliss-reactive ketones (excluding diaryl/α,β-unsaturated/α-hetero) is 2. The Morgan fingerprint density at radius 3 is 0.978 bits per heavy atom. The molecule has 0 atom stereocenters. The first-order valence-corrected chi connectivity index (χ1v) is 29.4. The van der Waals surface area contributed by atoms with Gasteiger partial charge in [0.25, 0.3) is 0 Å². The molecule has 14 nitrogen and oxygen atoms in total. The van der Waals surface area contributed by atoms with Crippen LogP contribution in [0.5, 0.6) is 0 Å². The fraction of sp³-hybridized carbons (Fsp3) is 0.0789. The number of allylic oxidation sites excluding steroid dienone is 8. The average molecular weight is 1210 g/mol. The molecule has 0 fully saturated rings. The quantitative estimate of drug-likeness (QED) is 0.0324. The predicted molar refractivity (Wildman–Crippen MR) is 338 cm³/mol. The van der Waals surface area contributed by atoms with E-state index < -0.39 is 46.3 Å². The molecule has 0 unspecified atom stereocenters. The van der Waals surface area contributed by atoms with Gasteiger partial charge in [0.1, 0.15) is 61.9 Å². The number of ether oxygens (including phenoxy) is 4. The van der Waals surface area contributed by atoms with Gasteiger partial charge in [0.05, 0.1) is 0 Å². The summed E-state index contributed by atoms with van der Waals surface area (Å²) in [5.41, 5.74) is -2.05. The highest BCUT2D eigenvalue weighted by molar-refractivity contribution is 7.25. The van der Waals surface area contributed by atoms with Crippen molar-refractivity contribution in [3.63, 3.8) is 0 Å². The van der Waals surface area contributed by atoms with Gasteiger partial charge in [-0.25, -0.2) is 0 Å². The molecule has 15 heteroatoms. The molecule has 9 aromatic rings. The molecule has 0 saturated heterocycles. The summed E-state index contributed by atoms with van der Waals surface area (Å²) in [5.74, 6) is -5.47. The van der Waals surface area contributed by atoms with Gasteiger partial charge in [-0.05, 0) is 115 Å². The van der Waals surface area contributed by atoms with Crippen molar-refractivity contribution in [1.29, 1.82) is 21.0 Å². The van der Waals surface area contributed by atoms with Crippen LogP contribution in [-0.4, -0.2) is 35.4 Å². The van der Waals surface area contributed by atoms with Crippen LogP contribution in [0.3, 0.4) is 0 Å². The summed E-state index contributed by atoms with van der Waals surface area (Å²) < 4.78 is 26.1. The van der Waals surface area contributed by atoms with Crippen LogP contribution in [0.2, 0.25) is 0 Å². The predicted octanol–water partition coefficient (Wildman–Crippen LogP) is 13.5. The molecule has 0 radical (unpaired) electrons. The first-order valence-electron chi connectivity index (χ1n) is 28.6. The van der Waals surface area contributed by atoms with Gasteiger partial charge in [-0.2, -0.15) is 21.0 Å². The molecule has 4 aliphatic rings. The van der Waals surface area contributed by atoms with Crippen LogP contribution in [0.25, 0.3) is 43.5 Å². The minimum absolute atomic E-state index is 0.00819. The Morgan fingerprint density at radius 1 is 0.396 bits per heavy atom. The van der Waals surface area contributed by atoms with E-state index in [0.29, 0.717) is 64.7 Å². The first kappa shape index (κ1) is 57.7. The maximum absolute atomic E-state index is 15.8. The number of carbonyl (C=O) groups excluding carboxylic acids is 6. The van der Waals surface area contributed by atoms with Crippen molar-refractivity contribution >= 4 is 90.3 Å². The van der Waals surface area contributed by atoms with E-state index in [-0.39, 0.29) is 93.3 Å². The normalized spacial score (nSPS) is 15.3. The third kappa shape index (κ3) is 9.72. The third-order valence-corrected chi connectivity index (χ3v) is 17.8. The van der Waals surface area contributed by atoms with E-state index in [4.69, 9.17) is 18.9 Å². The summed E-state index contributed by atoms with van der Waals surface area (Å²) in [5, 5.41) is 42.3. The summed E-state index contributed by atoms with van der Waals surface area (Å²) in [6, 6.07) is 62.7. The zero-order valence-electron chi connectivity index (χ0n) is 47.9. The highest BCUT2D eigenvalue weighted by Crippen LogP contribution is 2.54. The molecule has 4 aliphatic carbocycles. The van der Waals surface area contributed by atoms with Gasteiger partial charge in [-0.1, -0.05) is 170 Å². The van der Waals surface area contributed by atoms with Crippen LogP contribution < -0.4 is 0 Å². The van der Waals surface area contributed by atoms with Crippen LogP contribution in [0.15, 0.2) is 240 Å². The van der Waals surface area contributed by atoms with Crippen molar-refractivity contribution < 1.29 is 47.7 Å². The highest BCUT2D eigenvalue weighted by atomic mass is 32.1. The van der Waals surface area contributed by atoms with Gasteiger partial charge in [-0.15, -0.1) is 11.3 Å². The maximum atomic E-state index is 15.8. The minimum Gasteiger partial charge on any atom is -0.459 e. The Balaban J connectivity index is 1.05. The van der Waals surface area contributed by atoms with Crippen molar-refractivity contribution in [1.82, 2.24) is 0 Å². The Labute approximate surface area is 524 Å². The highest BCUT2D eigenvalue weighted by Gasteiger charge is 2.59. The lowest BCUT2D eigenvalue weighted by Gasteiger charge is -2.29. The van der Waals surface area contributed by atoms with E-state index in [2.05, 4.69) is 0 Å². The molecule has 0 spiro atoms. The standard InChI is InChI=1S/C76H44N4O10S/c77-37-51(38-78)67-55-25-13-15-27-57(55)69(81)61(67)33-53-29-49-31-65-59(35-63(49)75(53,71(83)87-41-45-17-5-1-6-18-45)72(84)88-42-46-19-7-2-8-20-46)60-36-64-50(32-66(60)91-65)30-54(34-62-68(52(39-79)40-80)56-26-14-16-28-58(56)70(62)82)76(64,73(85)89-43-47-21-9-3-10-22-47)74(86)90-44-48-23-11-4-12-24-48/h1-36H,41-44H2/b61-33-,62-34-. The fourth-order valence-corrected chi connectivity index (χ4v) is 13.5. The second-order valence-corrected chi connectivity index (χ2v) is 22.8. The molecule has 0 amide bonds. The zero-order valence-corrected chi connectivity index (χ0v) is 48.7. The summed E-state index contributed by atoms with van der Waals surface area (Å²) in [6.45, 7) is -1.21. The van der Waals surface area contributed by atoms with E-state index in [1.807, 2.05) is 24.3 Å². The van der Waals surface area contributed by atoms with Gasteiger partial charge in [0.15, 0.2) is 11.6 Å². The Hall–Kier alpha value is -12.4. The molecule has 0 saturated carbocycles. The number of fused-ring (bicyclic) bond motifs is 7. The third-order valence-electron chi connectivity index (χ3n) is 16.6. The van der Waals surface area contributed by atoms with Crippen molar-refractivity contribution in [3.8, 4) is 24.3 Å². The Morgan fingerprint density at radius 2 is 0.681 bits per heavy atom. The topological polar surface area (TPSA) is 234 Å². The largest absolute Gasteiger partial charge is 0.459 e. The average Bonchev–Trinajstić information content (AvgIpc) is 1.56. The van der Waals surface area contributed by atoms with Crippen molar-refractivity contribution in [2.24, 2.45) is 0 Å². The molecule has 434 valence electrons. The number of hydrogen-bond donors (Lipinski definition) is 0. The van der Waals surface area contributed by atoms with Crippen LogP contribution in [-0.2, 0) is 75.4 Å². The number of nitrogens with zero attached hydrogens (tertiary/aromatic N) is 4. The summed E-state index contributed by atoms with van der Waals surface area (Å²) >= 11 is 1.31. The minimum atomic E-state index is -2.53. The number of hydrogen-bond acceptors (Lipinski definition) is 15. The summed E-state index contributed by atoms with van der Waals surface area (Å²) in [4.78, 5) is 92.7. The Kier molecular flexibility index (Phi) is 15.0. The van der Waals surface area contributed by atoms with Crippen molar-refractivity contribution in [2.45, 2.75) is 37.3 Å². The lowest BCUT2D eigenvalue weighted by Crippen LogP contribution is -2.46. The lowest BCUT2D eigenvalue weighted by molar-refractivity contribution is -0.166. The second-order valence-electron chi connectivity index (χ2n) is 21.7. The summed E-state index contributed by atoms with van der Waals surface area (Å²) in [6.07, 6.45) is 5.86. The van der Waals surface area contributed by atoms with Gasteiger partial charge in [0.2, 0.25) is 10.8 Å². The van der Waals surface area contributed by atoms with E-state index in [9.17, 15) is 30.6 Å². The molecule has 91 heavy (non-hydrogen) atoms. The molecule has 0 bridgehead atoms. The van der Waals surface area contributed by atoms with Crippen LogP contribution in [0, 0.1) is 45.3 Å². The second kappa shape index (κ2) is 23.7. The van der Waals surface area contributed by atoms with Gasteiger partial charge in [0, 0.05) is 53.6 Å². The van der Waals surface area contributed by atoms with E-state index in [1.165, 1.54) is 23.5 Å². The number of carbonyl (C=O) groups is 6. The molecule has 1 heterocycles. The Bertz CT molecular complexity index is 4590. The summed E-state index contributed by atoms with van der Waals surface area (Å²) in [7, 11) is 0. The molecule has 8 aromatic carbocycles. The molecular formula is C76H44N4O10S. The number of benzene rings is 8. The first-order chi connectivity index (χ1) is 44.4. The van der Waals surface area contributed by atoms with E-state index in [0.717, 1.165) is 0 Å². The van der Waals surface area contributed by atoms with Gasteiger partial charge < -0.3 is 18.9 Å². The lowest BCUT2D eigenvalue weighted by atomic mass is 9.75. The number of rotatable bonds is 14. The monoisotopic (exact) mass is 1200 g/mol. The smallest absolute Gasteiger partial charge is 0.333 e. The van der Waals surface area contributed by atoms with Crippen molar-refractivity contribution in [3.05, 3.63) is 306 Å². The zero-order chi connectivity index (χ0) is 63.0. The number of ketones is 2. The number of esters is 4. The number of nitriles is 4. The maximum Gasteiger partial charge on any atom is 0.333 e. The van der Waals surface area contributed by atoms with Crippen LogP contribution in [0.4, 0.5) is 0 Å². The number of thiophene rings is 1. The van der Waals surface area contributed by atoms with Gasteiger partial charge in [-0.3, -0.25) is 28.8 Å². The van der Waals surface area contributed by atoms with Gasteiger partial charge >= 0.3 is 23.9 Å². The SMILES string of the molecule is N#CC(C#N)=C1/C(=C/C2=Cc3cc4sc5cc6c(cc5c4cc3C2(C(=O)OCc2ccccc2)C(=O)OCc2ccccc2)C(C(=O)OCc2ccccc2)(C(=O)OCc2ccccc2)C(/C=C2\C(=O)c3ccccc3C2=C(C#N)C#N)=C6)C(=O)c2ccccc21. The fourth-order valence-electron chi connectivity index (χ4n) is 12.4. The van der Waals surface area contributed by atoms with E-state index >= 15 is 19.2 Å². The van der Waals surface area contributed by atoms with Crippen LogP contribution in [0.1, 0.15) is 76.4 Å². The molecule has 0 aliphatic heterocycles. The molecular weight excluding hydrogens is 1160 g/mol. The molecule has 0 N–H and O–H groups in total. The van der Waals surface area contributed by atoms with E-state index in [1.54, 1.807) is 206 Å². The molecule has 13 rings (SSSR count). The molecule has 1 aromatic heterocycles. The van der Waals surface area contributed by atoms with Crippen LogP contribution >= 0.6 is 11.3 Å².